The lowest BCUT2D eigenvalue weighted by atomic mass is 10.1. The molecule has 1 amide bonds. The van der Waals surface area contributed by atoms with Crippen LogP contribution in [0.5, 0.6) is 5.75 Å². The SMILES string of the molecule is CCCCCCCCCCCC(=O)NN=Cc1ccccc1OCc1ccccc1. The highest BCUT2D eigenvalue weighted by Gasteiger charge is 2.03. The lowest BCUT2D eigenvalue weighted by Gasteiger charge is -2.09. The molecule has 162 valence electrons. The van der Waals surface area contributed by atoms with Crippen LogP contribution in [0.15, 0.2) is 59.7 Å². The van der Waals surface area contributed by atoms with Crippen LogP contribution in [-0.2, 0) is 11.4 Å². The number of para-hydroxylation sites is 1. The van der Waals surface area contributed by atoms with Crippen molar-refractivity contribution in [3.8, 4) is 5.75 Å². The van der Waals surface area contributed by atoms with E-state index in [1.54, 1.807) is 6.21 Å². The standard InChI is InChI=1S/C26H36N2O2/c1-2-3-4-5-6-7-8-9-13-20-26(29)28-27-21-24-18-14-15-19-25(24)30-22-23-16-11-10-12-17-23/h10-12,14-19,21H,2-9,13,20,22H2,1H3,(H,28,29). The molecule has 30 heavy (non-hydrogen) atoms. The van der Waals surface area contributed by atoms with Crippen molar-refractivity contribution in [1.82, 2.24) is 5.43 Å². The fraction of sp³-hybridized carbons (Fsp3) is 0.462. The molecule has 0 saturated heterocycles. The molecule has 0 aliphatic rings. The zero-order valence-electron chi connectivity index (χ0n) is 18.3. The Morgan fingerprint density at radius 2 is 1.50 bits per heavy atom. The van der Waals surface area contributed by atoms with Crippen molar-refractivity contribution in [2.45, 2.75) is 77.7 Å². The molecule has 0 fully saturated rings. The zero-order chi connectivity index (χ0) is 21.3. The third-order valence-electron chi connectivity index (χ3n) is 5.06. The van der Waals surface area contributed by atoms with Gasteiger partial charge in [0, 0.05) is 12.0 Å². The minimum absolute atomic E-state index is 0.0307. The molecule has 0 aliphatic carbocycles. The van der Waals surface area contributed by atoms with E-state index in [4.69, 9.17) is 4.74 Å². The van der Waals surface area contributed by atoms with Crippen molar-refractivity contribution < 1.29 is 9.53 Å². The molecule has 0 bridgehead atoms. The van der Waals surface area contributed by atoms with Crippen LogP contribution in [-0.4, -0.2) is 12.1 Å². The maximum absolute atomic E-state index is 12.0. The van der Waals surface area contributed by atoms with Gasteiger partial charge in [-0.15, -0.1) is 0 Å². The summed E-state index contributed by atoms with van der Waals surface area (Å²) >= 11 is 0. The van der Waals surface area contributed by atoms with Crippen LogP contribution < -0.4 is 10.2 Å². The molecule has 2 aromatic rings. The van der Waals surface area contributed by atoms with E-state index in [2.05, 4.69) is 17.5 Å². The molecule has 4 nitrogen and oxygen atoms in total. The lowest BCUT2D eigenvalue weighted by molar-refractivity contribution is -0.121. The van der Waals surface area contributed by atoms with Gasteiger partial charge in [-0.05, 0) is 24.1 Å². The highest BCUT2D eigenvalue weighted by atomic mass is 16.5. The lowest BCUT2D eigenvalue weighted by Crippen LogP contribution is -2.17. The molecule has 2 aromatic carbocycles. The molecule has 0 heterocycles. The zero-order valence-corrected chi connectivity index (χ0v) is 18.3. The second-order valence-corrected chi connectivity index (χ2v) is 7.68. The van der Waals surface area contributed by atoms with E-state index in [0.717, 1.165) is 29.7 Å². The minimum atomic E-state index is -0.0307. The number of carbonyl (C=O) groups excluding carboxylic acids is 1. The van der Waals surface area contributed by atoms with Crippen LogP contribution in [0, 0.1) is 0 Å². The summed E-state index contributed by atoms with van der Waals surface area (Å²) in [5.41, 5.74) is 4.59. The van der Waals surface area contributed by atoms with Crippen molar-refractivity contribution >= 4 is 12.1 Å². The predicted molar refractivity (Wildman–Crippen MR) is 125 cm³/mol. The van der Waals surface area contributed by atoms with E-state index in [1.807, 2.05) is 54.6 Å². The highest BCUT2D eigenvalue weighted by Crippen LogP contribution is 2.17. The Kier molecular flexibility index (Phi) is 12.0. The summed E-state index contributed by atoms with van der Waals surface area (Å²) in [7, 11) is 0. The maximum atomic E-state index is 12.0. The van der Waals surface area contributed by atoms with Crippen molar-refractivity contribution in [3.05, 3.63) is 65.7 Å². The van der Waals surface area contributed by atoms with Gasteiger partial charge in [0.25, 0.3) is 0 Å². The molecule has 0 spiro atoms. The molecule has 0 unspecified atom stereocenters. The molecule has 4 heteroatoms. The Bertz CT molecular complexity index is 744. The smallest absolute Gasteiger partial charge is 0.240 e. The third-order valence-corrected chi connectivity index (χ3v) is 5.06. The van der Waals surface area contributed by atoms with Crippen LogP contribution in [0.2, 0.25) is 0 Å². The number of nitrogens with one attached hydrogen (secondary N) is 1. The van der Waals surface area contributed by atoms with Gasteiger partial charge < -0.3 is 4.74 Å². The first-order valence-corrected chi connectivity index (χ1v) is 11.4. The van der Waals surface area contributed by atoms with Gasteiger partial charge in [0.2, 0.25) is 5.91 Å². The number of hydrazone groups is 1. The number of hydrogen-bond acceptors (Lipinski definition) is 3. The molecule has 0 aliphatic heterocycles. The quantitative estimate of drug-likeness (QED) is 0.204. The fourth-order valence-corrected chi connectivity index (χ4v) is 3.28. The maximum Gasteiger partial charge on any atom is 0.240 e. The Morgan fingerprint density at radius 3 is 2.23 bits per heavy atom. The summed E-state index contributed by atoms with van der Waals surface area (Å²) in [6.45, 7) is 2.74. The average Bonchev–Trinajstić information content (AvgIpc) is 2.78. The molecular formula is C26H36N2O2. The van der Waals surface area contributed by atoms with Crippen molar-refractivity contribution in [1.29, 1.82) is 0 Å². The van der Waals surface area contributed by atoms with E-state index in [0.29, 0.717) is 13.0 Å². The molecule has 0 radical (unpaired) electrons. The van der Waals surface area contributed by atoms with E-state index in [9.17, 15) is 4.79 Å². The predicted octanol–water partition coefficient (Wildman–Crippen LogP) is 6.64. The molecule has 0 saturated carbocycles. The van der Waals surface area contributed by atoms with E-state index >= 15 is 0 Å². The monoisotopic (exact) mass is 408 g/mol. The van der Waals surface area contributed by atoms with E-state index < -0.39 is 0 Å². The number of hydrogen-bond donors (Lipinski definition) is 1. The van der Waals surface area contributed by atoms with Gasteiger partial charge in [-0.25, -0.2) is 5.43 Å². The number of rotatable bonds is 15. The van der Waals surface area contributed by atoms with Gasteiger partial charge in [0.1, 0.15) is 12.4 Å². The topological polar surface area (TPSA) is 50.7 Å². The summed E-state index contributed by atoms with van der Waals surface area (Å²) in [6, 6.07) is 17.7. The Labute approximate surface area is 181 Å². The van der Waals surface area contributed by atoms with Gasteiger partial charge in [0.05, 0.1) is 6.21 Å². The number of amides is 1. The number of ether oxygens (including phenoxy) is 1. The van der Waals surface area contributed by atoms with Crippen LogP contribution in [0.1, 0.15) is 82.3 Å². The number of benzene rings is 2. The molecule has 1 N–H and O–H groups in total. The first kappa shape index (κ1) is 23.7. The number of nitrogens with zero attached hydrogens (tertiary/aromatic N) is 1. The summed E-state index contributed by atoms with van der Waals surface area (Å²) in [5, 5.41) is 4.11. The van der Waals surface area contributed by atoms with Crippen LogP contribution in [0.3, 0.4) is 0 Å². The molecular weight excluding hydrogens is 372 g/mol. The minimum Gasteiger partial charge on any atom is -0.488 e. The Balaban J connectivity index is 1.63. The van der Waals surface area contributed by atoms with E-state index in [1.165, 1.54) is 44.9 Å². The second-order valence-electron chi connectivity index (χ2n) is 7.68. The summed E-state index contributed by atoms with van der Waals surface area (Å²) in [6.07, 6.45) is 13.4. The average molecular weight is 409 g/mol. The van der Waals surface area contributed by atoms with Gasteiger partial charge >= 0.3 is 0 Å². The largest absolute Gasteiger partial charge is 0.488 e. The van der Waals surface area contributed by atoms with Gasteiger partial charge in [0.15, 0.2) is 0 Å². The van der Waals surface area contributed by atoms with Crippen molar-refractivity contribution in [2.24, 2.45) is 5.10 Å². The van der Waals surface area contributed by atoms with Crippen molar-refractivity contribution in [3.63, 3.8) is 0 Å². The van der Waals surface area contributed by atoms with Crippen LogP contribution >= 0.6 is 0 Å². The Morgan fingerprint density at radius 1 is 0.867 bits per heavy atom. The summed E-state index contributed by atoms with van der Waals surface area (Å²) < 4.78 is 5.91. The highest BCUT2D eigenvalue weighted by molar-refractivity contribution is 5.85. The first-order valence-electron chi connectivity index (χ1n) is 11.4. The molecule has 0 aromatic heterocycles. The molecule has 0 atom stereocenters. The molecule has 2 rings (SSSR count). The van der Waals surface area contributed by atoms with Gasteiger partial charge in [-0.1, -0.05) is 101 Å². The third kappa shape index (κ3) is 10.2. The van der Waals surface area contributed by atoms with Gasteiger partial charge in [-0.2, -0.15) is 5.10 Å². The first-order chi connectivity index (χ1) is 14.8. The number of carbonyl (C=O) groups is 1. The summed E-state index contributed by atoms with van der Waals surface area (Å²) in [4.78, 5) is 12.0. The second kappa shape index (κ2) is 15.3. The fourth-order valence-electron chi connectivity index (χ4n) is 3.28. The van der Waals surface area contributed by atoms with E-state index in [-0.39, 0.29) is 5.91 Å². The van der Waals surface area contributed by atoms with Crippen LogP contribution in [0.4, 0.5) is 0 Å². The van der Waals surface area contributed by atoms with Crippen molar-refractivity contribution in [2.75, 3.05) is 0 Å². The summed E-state index contributed by atoms with van der Waals surface area (Å²) in [5.74, 6) is 0.718. The normalized spacial score (nSPS) is 11.0. The number of unbranched alkanes of at least 4 members (excludes halogenated alkanes) is 8. The van der Waals surface area contributed by atoms with Gasteiger partial charge in [-0.3, -0.25) is 4.79 Å². The van der Waals surface area contributed by atoms with Crippen LogP contribution in [0.25, 0.3) is 0 Å². The Hall–Kier alpha value is -2.62.